The van der Waals surface area contributed by atoms with Crippen molar-refractivity contribution in [3.63, 3.8) is 0 Å². The van der Waals surface area contributed by atoms with Crippen LogP contribution in [0, 0.1) is 0 Å². The van der Waals surface area contributed by atoms with Crippen LogP contribution < -0.4 is 10.7 Å². The van der Waals surface area contributed by atoms with Gasteiger partial charge in [-0.1, -0.05) is 42.1 Å². The summed E-state index contributed by atoms with van der Waals surface area (Å²) < 4.78 is 0. The fourth-order valence-corrected chi connectivity index (χ4v) is 2.92. The van der Waals surface area contributed by atoms with Crippen LogP contribution in [0.5, 0.6) is 0 Å². The molecule has 3 rings (SSSR count). The lowest BCUT2D eigenvalue weighted by Gasteiger charge is -2.07. The SMILES string of the molecule is C/C(=N/NC(=O)CSc1ncccn1)c1ccc(NC(=O)c2ccccc2)cc1. The lowest BCUT2D eigenvalue weighted by molar-refractivity contribution is -0.118. The molecule has 0 fully saturated rings. The van der Waals surface area contributed by atoms with Crippen LogP contribution in [0.15, 0.2) is 83.3 Å². The Labute approximate surface area is 172 Å². The predicted molar refractivity (Wildman–Crippen MR) is 114 cm³/mol. The van der Waals surface area contributed by atoms with E-state index in [0.717, 1.165) is 5.56 Å². The molecule has 1 heterocycles. The number of nitrogens with one attached hydrogen (secondary N) is 2. The van der Waals surface area contributed by atoms with Crippen LogP contribution >= 0.6 is 11.8 Å². The van der Waals surface area contributed by atoms with Crippen molar-refractivity contribution in [1.82, 2.24) is 15.4 Å². The normalized spacial score (nSPS) is 11.0. The molecule has 29 heavy (non-hydrogen) atoms. The number of hydrogen-bond donors (Lipinski definition) is 2. The number of nitrogens with zero attached hydrogens (tertiary/aromatic N) is 3. The minimum Gasteiger partial charge on any atom is -0.322 e. The summed E-state index contributed by atoms with van der Waals surface area (Å²) >= 11 is 1.24. The molecule has 0 atom stereocenters. The van der Waals surface area contributed by atoms with Crippen LogP contribution in [0.3, 0.4) is 0 Å². The second-order valence-corrected chi connectivity index (χ2v) is 6.89. The van der Waals surface area contributed by atoms with Crippen LogP contribution in [0.25, 0.3) is 0 Å². The highest BCUT2D eigenvalue weighted by molar-refractivity contribution is 7.99. The quantitative estimate of drug-likeness (QED) is 0.272. The van der Waals surface area contributed by atoms with Crippen LogP contribution in [0.1, 0.15) is 22.8 Å². The van der Waals surface area contributed by atoms with Crippen LogP contribution in [0.4, 0.5) is 5.69 Å². The van der Waals surface area contributed by atoms with Gasteiger partial charge in [-0.25, -0.2) is 15.4 Å². The minimum atomic E-state index is -0.242. The van der Waals surface area contributed by atoms with Gasteiger partial charge in [-0.3, -0.25) is 9.59 Å². The standard InChI is InChI=1S/C21H19N5O2S/c1-15(25-26-19(27)14-29-21-22-12-5-13-23-21)16-8-10-18(11-9-16)24-20(28)17-6-3-2-4-7-17/h2-13H,14H2,1H3,(H,24,28)(H,26,27)/b25-15-. The average Bonchev–Trinajstić information content (AvgIpc) is 2.78. The largest absolute Gasteiger partial charge is 0.322 e. The van der Waals surface area contributed by atoms with Gasteiger partial charge in [0.25, 0.3) is 11.8 Å². The summed E-state index contributed by atoms with van der Waals surface area (Å²) in [5.41, 5.74) is 5.28. The summed E-state index contributed by atoms with van der Waals surface area (Å²) in [6.07, 6.45) is 3.25. The fourth-order valence-electron chi connectivity index (χ4n) is 2.32. The van der Waals surface area contributed by atoms with Gasteiger partial charge in [-0.15, -0.1) is 0 Å². The topological polar surface area (TPSA) is 96.3 Å². The first-order valence-corrected chi connectivity index (χ1v) is 9.80. The van der Waals surface area contributed by atoms with Crippen molar-refractivity contribution in [2.45, 2.75) is 12.1 Å². The number of hydrogen-bond acceptors (Lipinski definition) is 6. The van der Waals surface area contributed by atoms with Crippen LogP contribution in [0.2, 0.25) is 0 Å². The molecule has 0 unspecified atom stereocenters. The van der Waals surface area contributed by atoms with Crippen LogP contribution in [-0.2, 0) is 4.79 Å². The molecule has 0 aliphatic heterocycles. The second-order valence-electron chi connectivity index (χ2n) is 5.95. The zero-order chi connectivity index (χ0) is 20.5. The number of thioether (sulfide) groups is 1. The van der Waals surface area contributed by atoms with Crippen LogP contribution in [-0.4, -0.2) is 33.2 Å². The fraction of sp³-hybridized carbons (Fsp3) is 0.0952. The third kappa shape index (κ3) is 6.25. The first-order valence-electron chi connectivity index (χ1n) is 8.81. The average molecular weight is 405 g/mol. The highest BCUT2D eigenvalue weighted by atomic mass is 32.2. The number of carbonyl (C=O) groups excluding carboxylic acids is 2. The van der Waals surface area contributed by atoms with Crippen molar-refractivity contribution in [3.8, 4) is 0 Å². The number of rotatable bonds is 7. The van der Waals surface area contributed by atoms with Gasteiger partial charge in [0.2, 0.25) is 0 Å². The van der Waals surface area contributed by atoms with Gasteiger partial charge in [0.15, 0.2) is 5.16 Å². The summed E-state index contributed by atoms with van der Waals surface area (Å²) in [4.78, 5) is 32.2. The summed E-state index contributed by atoms with van der Waals surface area (Å²) in [5.74, 6) is -0.241. The smallest absolute Gasteiger partial charge is 0.255 e. The van der Waals surface area contributed by atoms with Crippen molar-refractivity contribution in [1.29, 1.82) is 0 Å². The summed E-state index contributed by atoms with van der Waals surface area (Å²) in [7, 11) is 0. The number of carbonyl (C=O) groups is 2. The molecule has 0 radical (unpaired) electrons. The van der Waals surface area contributed by atoms with Crippen molar-refractivity contribution in [2.75, 3.05) is 11.1 Å². The van der Waals surface area contributed by atoms with E-state index in [4.69, 9.17) is 0 Å². The Hall–Kier alpha value is -3.52. The van der Waals surface area contributed by atoms with E-state index in [1.165, 1.54) is 11.8 Å². The Bertz CT molecular complexity index is 993. The zero-order valence-electron chi connectivity index (χ0n) is 15.7. The molecular formula is C21H19N5O2S. The van der Waals surface area contributed by atoms with E-state index in [0.29, 0.717) is 22.1 Å². The molecule has 3 aromatic rings. The molecule has 2 aromatic carbocycles. The van der Waals surface area contributed by atoms with E-state index in [-0.39, 0.29) is 17.6 Å². The Balaban J connectivity index is 1.52. The lowest BCUT2D eigenvalue weighted by atomic mass is 10.1. The first-order chi connectivity index (χ1) is 14.1. The van der Waals surface area contributed by atoms with Gasteiger partial charge in [0, 0.05) is 23.6 Å². The maximum Gasteiger partial charge on any atom is 0.255 e. The number of anilines is 1. The predicted octanol–water partition coefficient (Wildman–Crippen LogP) is 3.36. The van der Waals surface area contributed by atoms with Gasteiger partial charge in [-0.05, 0) is 42.8 Å². The van der Waals surface area contributed by atoms with Gasteiger partial charge in [-0.2, -0.15) is 5.10 Å². The minimum absolute atomic E-state index is 0.170. The Morgan fingerprint density at radius 3 is 2.31 bits per heavy atom. The molecule has 0 saturated carbocycles. The maximum absolute atomic E-state index is 12.2. The van der Waals surface area contributed by atoms with Gasteiger partial charge in [0.05, 0.1) is 11.5 Å². The van der Waals surface area contributed by atoms with E-state index >= 15 is 0 Å². The van der Waals surface area contributed by atoms with E-state index in [1.807, 2.05) is 30.3 Å². The van der Waals surface area contributed by atoms with Crippen molar-refractivity contribution in [3.05, 3.63) is 84.2 Å². The molecule has 2 amide bonds. The number of amides is 2. The molecule has 0 bridgehead atoms. The van der Waals surface area contributed by atoms with Gasteiger partial charge in [0.1, 0.15) is 0 Å². The number of hydrazone groups is 1. The van der Waals surface area contributed by atoms with E-state index < -0.39 is 0 Å². The Kier molecular flexibility index (Phi) is 7.07. The molecule has 146 valence electrons. The second kappa shape index (κ2) is 10.1. The van der Waals surface area contributed by atoms with Gasteiger partial charge >= 0.3 is 0 Å². The molecule has 7 nitrogen and oxygen atoms in total. The lowest BCUT2D eigenvalue weighted by Crippen LogP contribution is -2.21. The molecule has 1 aromatic heterocycles. The highest BCUT2D eigenvalue weighted by Crippen LogP contribution is 2.13. The van der Waals surface area contributed by atoms with E-state index in [9.17, 15) is 9.59 Å². The third-order valence-electron chi connectivity index (χ3n) is 3.82. The Morgan fingerprint density at radius 1 is 0.931 bits per heavy atom. The summed E-state index contributed by atoms with van der Waals surface area (Å²) in [5, 5.41) is 7.50. The zero-order valence-corrected chi connectivity index (χ0v) is 16.5. The van der Waals surface area contributed by atoms with E-state index in [2.05, 4.69) is 25.8 Å². The third-order valence-corrected chi connectivity index (χ3v) is 4.69. The molecule has 0 aliphatic carbocycles. The van der Waals surface area contributed by atoms with Crippen molar-refractivity contribution >= 4 is 35.0 Å². The first kappa shape index (κ1) is 20.2. The summed E-state index contributed by atoms with van der Waals surface area (Å²) in [6, 6.07) is 18.0. The highest BCUT2D eigenvalue weighted by Gasteiger charge is 2.07. The maximum atomic E-state index is 12.2. The molecule has 2 N–H and O–H groups in total. The molecular weight excluding hydrogens is 386 g/mol. The molecule has 0 aliphatic rings. The number of benzene rings is 2. The summed E-state index contributed by atoms with van der Waals surface area (Å²) in [6.45, 7) is 1.80. The monoisotopic (exact) mass is 405 g/mol. The van der Waals surface area contributed by atoms with Gasteiger partial charge < -0.3 is 5.32 Å². The Morgan fingerprint density at radius 2 is 1.62 bits per heavy atom. The molecule has 0 saturated heterocycles. The van der Waals surface area contributed by atoms with Crippen molar-refractivity contribution < 1.29 is 9.59 Å². The molecule has 0 spiro atoms. The molecule has 8 heteroatoms. The van der Waals surface area contributed by atoms with Crippen molar-refractivity contribution in [2.24, 2.45) is 5.10 Å². The van der Waals surface area contributed by atoms with E-state index in [1.54, 1.807) is 49.6 Å². The number of aromatic nitrogens is 2.